The van der Waals surface area contributed by atoms with Crippen LogP contribution >= 0.6 is 11.3 Å². The van der Waals surface area contributed by atoms with Crippen molar-refractivity contribution in [2.75, 3.05) is 0 Å². The van der Waals surface area contributed by atoms with Crippen LogP contribution in [0.15, 0.2) is 22.7 Å². The zero-order valence-corrected chi connectivity index (χ0v) is 10.4. The smallest absolute Gasteiger partial charge is 0.220 e. The highest BCUT2D eigenvalue weighted by molar-refractivity contribution is 7.11. The molecule has 2 heterocycles. The molecule has 6 nitrogen and oxygen atoms in total. The maximum atomic E-state index is 8.58. The van der Waals surface area contributed by atoms with Crippen molar-refractivity contribution >= 4 is 11.3 Å². The lowest BCUT2D eigenvalue weighted by molar-refractivity contribution is 0.212. The largest absolute Gasteiger partial charge is 0.441 e. The highest BCUT2D eigenvalue weighted by atomic mass is 32.1. The summed E-state index contributed by atoms with van der Waals surface area (Å²) in [5.41, 5.74) is 0. The third kappa shape index (κ3) is 4.55. The van der Waals surface area contributed by atoms with Gasteiger partial charge in [-0.1, -0.05) is 0 Å². The van der Waals surface area contributed by atoms with E-state index in [4.69, 9.17) is 24.8 Å². The van der Waals surface area contributed by atoms with Gasteiger partial charge in [-0.2, -0.15) is 0 Å². The number of hydrogen-bond donors (Lipinski definition) is 4. The Morgan fingerprint density at radius 1 is 0.944 bits per heavy atom. The number of oxazole rings is 1. The van der Waals surface area contributed by atoms with Crippen molar-refractivity contribution in [1.82, 2.24) is 4.98 Å². The summed E-state index contributed by atoms with van der Waals surface area (Å²) in [7, 11) is 0. The minimum absolute atomic E-state index is 0.0741. The first-order valence-corrected chi connectivity index (χ1v) is 5.99. The number of hydrogen-bond acceptors (Lipinski definition) is 7. The van der Waals surface area contributed by atoms with Crippen LogP contribution in [0, 0.1) is 0 Å². The molecule has 0 amide bonds. The Hall–Kier alpha value is -1.25. The number of nitrogens with zero attached hydrogens (tertiary/aromatic N) is 1. The summed E-state index contributed by atoms with van der Waals surface area (Å²) in [6, 6.07) is 3.63. The van der Waals surface area contributed by atoms with Gasteiger partial charge in [-0.05, 0) is 12.1 Å². The van der Waals surface area contributed by atoms with Crippen LogP contribution in [0.5, 0.6) is 0 Å². The maximum absolute atomic E-state index is 8.58. The van der Waals surface area contributed by atoms with Gasteiger partial charge in [-0.15, -0.1) is 11.3 Å². The second kappa shape index (κ2) is 7.96. The molecule has 0 atom stereocenters. The lowest BCUT2D eigenvalue weighted by Gasteiger charge is -1.83. The summed E-state index contributed by atoms with van der Waals surface area (Å²) in [6.45, 7) is -0.248. The quantitative estimate of drug-likeness (QED) is 0.642. The summed E-state index contributed by atoms with van der Waals surface area (Å²) >= 11 is 1.43. The molecule has 0 radical (unpaired) electrons. The molecule has 0 aromatic carbocycles. The average Bonchev–Trinajstić information content (AvgIpc) is 3.07. The summed E-state index contributed by atoms with van der Waals surface area (Å²) < 4.78 is 4.77. The number of aliphatic hydroxyl groups is 4. The van der Waals surface area contributed by atoms with Crippen LogP contribution in [0.25, 0.3) is 0 Å². The minimum atomic E-state index is -0.222. The molecule has 0 spiro atoms. The van der Waals surface area contributed by atoms with Crippen molar-refractivity contribution < 1.29 is 24.8 Å². The summed E-state index contributed by atoms with van der Waals surface area (Å²) in [4.78, 5) is 5.43. The first kappa shape index (κ1) is 14.8. The Kier molecular flexibility index (Phi) is 6.55. The van der Waals surface area contributed by atoms with Crippen LogP contribution < -0.4 is 0 Å². The SMILES string of the molecule is OCc1ccc(CO)s1.OCc1cnc(CO)o1. The second-order valence-electron chi connectivity index (χ2n) is 3.22. The van der Waals surface area contributed by atoms with Crippen LogP contribution in [-0.2, 0) is 26.4 Å². The van der Waals surface area contributed by atoms with Gasteiger partial charge in [0.1, 0.15) is 19.0 Å². The van der Waals surface area contributed by atoms with E-state index in [2.05, 4.69) is 4.98 Å². The van der Waals surface area contributed by atoms with Gasteiger partial charge in [0.15, 0.2) is 0 Å². The van der Waals surface area contributed by atoms with Gasteiger partial charge in [0.25, 0.3) is 0 Å². The van der Waals surface area contributed by atoms with E-state index in [1.807, 2.05) is 12.1 Å². The molecule has 0 unspecified atom stereocenters. The molecule has 0 saturated heterocycles. The summed E-state index contributed by atoms with van der Waals surface area (Å²) in [6.07, 6.45) is 1.38. The molecule has 2 rings (SSSR count). The molecule has 0 bridgehead atoms. The van der Waals surface area contributed by atoms with Crippen molar-refractivity contribution in [3.8, 4) is 0 Å². The van der Waals surface area contributed by atoms with E-state index >= 15 is 0 Å². The van der Waals surface area contributed by atoms with Gasteiger partial charge in [0.05, 0.1) is 19.4 Å². The third-order valence-electron chi connectivity index (χ3n) is 1.92. The molecule has 0 fully saturated rings. The van der Waals surface area contributed by atoms with Crippen molar-refractivity contribution in [2.24, 2.45) is 0 Å². The summed E-state index contributed by atoms with van der Waals surface area (Å²) in [5, 5.41) is 34.0. The normalized spacial score (nSPS) is 10.0. The van der Waals surface area contributed by atoms with Crippen molar-refractivity contribution in [3.63, 3.8) is 0 Å². The zero-order valence-electron chi connectivity index (χ0n) is 9.61. The highest BCUT2D eigenvalue weighted by Gasteiger charge is 1.98. The topological polar surface area (TPSA) is 107 Å². The molecule has 7 heteroatoms. The molecular weight excluding hydrogens is 258 g/mol. The van der Waals surface area contributed by atoms with Crippen LogP contribution in [0.2, 0.25) is 0 Å². The van der Waals surface area contributed by atoms with Gasteiger partial charge < -0.3 is 24.8 Å². The van der Waals surface area contributed by atoms with Gasteiger partial charge >= 0.3 is 0 Å². The lowest BCUT2D eigenvalue weighted by Crippen LogP contribution is -1.79. The number of aromatic nitrogens is 1. The third-order valence-corrected chi connectivity index (χ3v) is 2.98. The van der Waals surface area contributed by atoms with E-state index in [0.717, 1.165) is 9.75 Å². The average molecular weight is 273 g/mol. The molecule has 100 valence electrons. The van der Waals surface area contributed by atoms with E-state index in [0.29, 0.717) is 5.76 Å². The van der Waals surface area contributed by atoms with Crippen LogP contribution in [0.3, 0.4) is 0 Å². The monoisotopic (exact) mass is 273 g/mol. The van der Waals surface area contributed by atoms with Crippen molar-refractivity contribution in [1.29, 1.82) is 0 Å². The van der Waals surface area contributed by atoms with E-state index in [9.17, 15) is 0 Å². The fourth-order valence-electron chi connectivity index (χ4n) is 1.09. The van der Waals surface area contributed by atoms with Crippen LogP contribution in [0.4, 0.5) is 0 Å². The number of thiophene rings is 1. The molecule has 18 heavy (non-hydrogen) atoms. The lowest BCUT2D eigenvalue weighted by atomic mass is 10.4. The van der Waals surface area contributed by atoms with Crippen molar-refractivity contribution in [2.45, 2.75) is 26.4 Å². The molecule has 4 N–H and O–H groups in total. The van der Waals surface area contributed by atoms with Gasteiger partial charge in [-0.3, -0.25) is 0 Å². The summed E-state index contributed by atoms with van der Waals surface area (Å²) in [5.74, 6) is 0.609. The molecule has 0 aliphatic heterocycles. The van der Waals surface area contributed by atoms with E-state index in [1.54, 1.807) is 0 Å². The van der Waals surface area contributed by atoms with Gasteiger partial charge in [0, 0.05) is 9.75 Å². The van der Waals surface area contributed by atoms with Gasteiger partial charge in [0.2, 0.25) is 5.89 Å². The Balaban J connectivity index is 0.000000180. The molecule has 0 saturated carbocycles. The molecule has 0 aliphatic carbocycles. The number of aliphatic hydroxyl groups excluding tert-OH is 4. The van der Waals surface area contributed by atoms with E-state index in [1.165, 1.54) is 17.5 Å². The minimum Gasteiger partial charge on any atom is -0.441 e. The van der Waals surface area contributed by atoms with Crippen LogP contribution in [0.1, 0.15) is 21.4 Å². The molecule has 0 aliphatic rings. The standard InChI is InChI=1S/C6H8O2S.C5H7NO3/c7-3-5-1-2-6(4-8)9-5;7-2-4-1-6-5(3-8)9-4/h1-2,7-8H,3-4H2;1,7-8H,2-3H2. The first-order valence-electron chi connectivity index (χ1n) is 5.18. The molecule has 2 aromatic heterocycles. The predicted octanol–water partition coefficient (Wildman–Crippen LogP) is 0.392. The second-order valence-corrected chi connectivity index (χ2v) is 4.47. The molecule has 2 aromatic rings. The fourth-order valence-corrected chi connectivity index (χ4v) is 1.82. The Labute approximate surface area is 108 Å². The van der Waals surface area contributed by atoms with E-state index in [-0.39, 0.29) is 32.3 Å². The van der Waals surface area contributed by atoms with Crippen molar-refractivity contribution in [3.05, 3.63) is 39.7 Å². The highest BCUT2D eigenvalue weighted by Crippen LogP contribution is 2.15. The fraction of sp³-hybridized carbons (Fsp3) is 0.364. The van der Waals surface area contributed by atoms with E-state index < -0.39 is 0 Å². The Bertz CT molecular complexity index is 374. The Morgan fingerprint density at radius 3 is 1.83 bits per heavy atom. The maximum Gasteiger partial charge on any atom is 0.220 e. The van der Waals surface area contributed by atoms with Crippen LogP contribution in [-0.4, -0.2) is 25.4 Å². The number of rotatable bonds is 4. The zero-order chi connectivity index (χ0) is 13.4. The van der Waals surface area contributed by atoms with Gasteiger partial charge in [-0.25, -0.2) is 4.98 Å². The first-order chi connectivity index (χ1) is 8.73. The Morgan fingerprint density at radius 2 is 1.56 bits per heavy atom. The predicted molar refractivity (Wildman–Crippen MR) is 64.5 cm³/mol. The molecular formula is C11H15NO5S.